The minimum atomic E-state index is 0.0258. The Morgan fingerprint density at radius 2 is 2.03 bits per heavy atom. The number of benzene rings is 1. The van der Waals surface area contributed by atoms with E-state index in [0.717, 1.165) is 55.3 Å². The van der Waals surface area contributed by atoms with E-state index in [0.29, 0.717) is 39.2 Å². The number of ether oxygens (including phenoxy) is 2. The highest BCUT2D eigenvalue weighted by atomic mass is 16.5. The van der Waals surface area contributed by atoms with Gasteiger partial charge in [0.05, 0.1) is 19.8 Å². The molecule has 2 saturated heterocycles. The summed E-state index contributed by atoms with van der Waals surface area (Å²) in [4.78, 5) is 34.1. The molecule has 0 radical (unpaired) electrons. The lowest BCUT2D eigenvalue weighted by Crippen LogP contribution is -2.47. The number of nitrogens with one attached hydrogen (secondary N) is 2. The molecule has 1 aromatic carbocycles. The Kier molecular flexibility index (Phi) is 8.88. The highest BCUT2D eigenvalue weighted by Gasteiger charge is 2.31. The quantitative estimate of drug-likeness (QED) is 0.585. The summed E-state index contributed by atoms with van der Waals surface area (Å²) < 4.78 is 11.6. The second-order valence-corrected chi connectivity index (χ2v) is 10.1. The molecule has 3 aliphatic rings. The van der Waals surface area contributed by atoms with Crippen LogP contribution in [0.5, 0.6) is 5.75 Å². The molecule has 0 saturated carbocycles. The summed E-state index contributed by atoms with van der Waals surface area (Å²) in [7, 11) is 0. The van der Waals surface area contributed by atoms with Crippen LogP contribution in [0.4, 0.5) is 5.69 Å². The van der Waals surface area contributed by atoms with Crippen LogP contribution in [0.15, 0.2) is 54.9 Å². The van der Waals surface area contributed by atoms with Crippen molar-refractivity contribution < 1.29 is 19.1 Å². The van der Waals surface area contributed by atoms with E-state index >= 15 is 0 Å². The van der Waals surface area contributed by atoms with E-state index in [4.69, 9.17) is 9.47 Å². The van der Waals surface area contributed by atoms with Crippen molar-refractivity contribution in [3.05, 3.63) is 66.0 Å². The summed E-state index contributed by atoms with van der Waals surface area (Å²) in [6.07, 6.45) is 8.88. The summed E-state index contributed by atoms with van der Waals surface area (Å²) in [5.74, 6) is 1.21. The number of hydrogen-bond donors (Lipinski definition) is 2. The number of piperidine rings is 1. The van der Waals surface area contributed by atoms with Crippen LogP contribution in [-0.2, 0) is 27.4 Å². The number of anilines is 1. The number of carbonyl (C=O) groups is 2. The average molecular weight is 520 g/mol. The molecule has 4 heterocycles. The van der Waals surface area contributed by atoms with Crippen molar-refractivity contribution in [1.29, 1.82) is 0 Å². The Morgan fingerprint density at radius 1 is 1.13 bits per heavy atom. The monoisotopic (exact) mass is 519 g/mol. The number of rotatable bonds is 5. The summed E-state index contributed by atoms with van der Waals surface area (Å²) >= 11 is 0. The largest absolute Gasteiger partial charge is 0.489 e. The van der Waals surface area contributed by atoms with E-state index in [1.807, 2.05) is 29.2 Å². The molecule has 0 aliphatic carbocycles. The molecule has 2 bridgehead atoms. The maximum absolute atomic E-state index is 13.0. The standard InChI is InChI=1S/C29H37N5O4/c35-28(32-18-22-3-1-8-30-17-22)16-23-7-9-34-21-24(23)4-2-12-38-27-6-5-26(33-10-13-37-14-11-33)15-25(27)19-31-20-29(34)36/h1-6,8,15,17,23-24,31H,7,9-14,16,18-21H2,(H,32,35)/b4-2+/t23-,24-/m0/s1. The molecule has 9 heteroatoms. The van der Waals surface area contributed by atoms with Gasteiger partial charge in [-0.25, -0.2) is 0 Å². The van der Waals surface area contributed by atoms with E-state index < -0.39 is 0 Å². The highest BCUT2D eigenvalue weighted by molar-refractivity contribution is 5.79. The van der Waals surface area contributed by atoms with Gasteiger partial charge in [-0.1, -0.05) is 18.2 Å². The van der Waals surface area contributed by atoms with Gasteiger partial charge >= 0.3 is 0 Å². The predicted molar refractivity (Wildman–Crippen MR) is 145 cm³/mol. The SMILES string of the molecule is O=C(C[C@@H]1CCN2C[C@@H]1/C=C/COc1ccc(N3CCOCC3)cc1CNCC2=O)NCc1cccnc1. The highest BCUT2D eigenvalue weighted by Crippen LogP contribution is 2.29. The van der Waals surface area contributed by atoms with Gasteiger partial charge in [0.1, 0.15) is 12.4 Å². The van der Waals surface area contributed by atoms with Crippen molar-refractivity contribution in [3.8, 4) is 5.75 Å². The number of amides is 2. The summed E-state index contributed by atoms with van der Waals surface area (Å²) in [5.41, 5.74) is 3.16. The lowest BCUT2D eigenvalue weighted by Gasteiger charge is -2.37. The number of fused-ring (bicyclic) bond motifs is 3. The molecule has 2 atom stereocenters. The van der Waals surface area contributed by atoms with Crippen LogP contribution in [0.1, 0.15) is 24.0 Å². The van der Waals surface area contributed by atoms with Crippen molar-refractivity contribution in [1.82, 2.24) is 20.5 Å². The number of aromatic nitrogens is 1. The maximum atomic E-state index is 13.0. The van der Waals surface area contributed by atoms with Gasteiger partial charge in [0.15, 0.2) is 0 Å². The molecule has 2 amide bonds. The molecule has 2 N–H and O–H groups in total. The van der Waals surface area contributed by atoms with Gasteiger partial charge in [-0.15, -0.1) is 0 Å². The van der Waals surface area contributed by atoms with Gasteiger partial charge < -0.3 is 29.9 Å². The lowest BCUT2D eigenvalue weighted by atomic mass is 9.82. The fourth-order valence-electron chi connectivity index (χ4n) is 5.39. The Bertz CT molecular complexity index is 1120. The molecule has 3 aliphatic heterocycles. The molecule has 2 fully saturated rings. The first-order chi connectivity index (χ1) is 18.7. The smallest absolute Gasteiger partial charge is 0.236 e. The number of pyridine rings is 1. The maximum Gasteiger partial charge on any atom is 0.236 e. The van der Waals surface area contributed by atoms with Crippen molar-refractivity contribution in [3.63, 3.8) is 0 Å². The van der Waals surface area contributed by atoms with Gasteiger partial charge in [-0.3, -0.25) is 14.6 Å². The second kappa shape index (κ2) is 12.9. The van der Waals surface area contributed by atoms with Crippen LogP contribution in [0, 0.1) is 11.8 Å². The van der Waals surface area contributed by atoms with Crippen LogP contribution in [0.25, 0.3) is 0 Å². The minimum Gasteiger partial charge on any atom is -0.489 e. The van der Waals surface area contributed by atoms with Crippen molar-refractivity contribution in [2.75, 3.05) is 57.4 Å². The van der Waals surface area contributed by atoms with Gasteiger partial charge in [0.25, 0.3) is 0 Å². The van der Waals surface area contributed by atoms with Crippen LogP contribution in [0.3, 0.4) is 0 Å². The molecule has 5 rings (SSSR count). The van der Waals surface area contributed by atoms with E-state index in [-0.39, 0.29) is 30.2 Å². The molecular weight excluding hydrogens is 482 g/mol. The molecule has 202 valence electrons. The topological polar surface area (TPSA) is 96.0 Å². The summed E-state index contributed by atoms with van der Waals surface area (Å²) in [6.45, 7) is 6.22. The Balaban J connectivity index is 1.24. The molecule has 2 aromatic rings. The van der Waals surface area contributed by atoms with E-state index in [1.165, 1.54) is 0 Å². The molecule has 0 unspecified atom stereocenters. The van der Waals surface area contributed by atoms with E-state index in [1.54, 1.807) is 12.4 Å². The zero-order valence-electron chi connectivity index (χ0n) is 21.8. The van der Waals surface area contributed by atoms with Crippen LogP contribution >= 0.6 is 0 Å². The van der Waals surface area contributed by atoms with Crippen LogP contribution < -0.4 is 20.3 Å². The third kappa shape index (κ3) is 6.90. The Labute approximate surface area is 224 Å². The first kappa shape index (κ1) is 26.2. The fraction of sp³-hybridized carbons (Fsp3) is 0.483. The lowest BCUT2D eigenvalue weighted by molar-refractivity contribution is -0.132. The predicted octanol–water partition coefficient (Wildman–Crippen LogP) is 2.13. The summed E-state index contributed by atoms with van der Waals surface area (Å²) in [5, 5.41) is 6.35. The summed E-state index contributed by atoms with van der Waals surface area (Å²) in [6, 6.07) is 10.1. The molecular formula is C29H37N5O4. The molecule has 38 heavy (non-hydrogen) atoms. The van der Waals surface area contributed by atoms with E-state index in [9.17, 15) is 9.59 Å². The van der Waals surface area contributed by atoms with Crippen molar-refractivity contribution in [2.24, 2.45) is 11.8 Å². The van der Waals surface area contributed by atoms with Crippen LogP contribution in [-0.4, -0.2) is 74.2 Å². The second-order valence-electron chi connectivity index (χ2n) is 10.1. The Morgan fingerprint density at radius 3 is 2.87 bits per heavy atom. The minimum absolute atomic E-state index is 0.0258. The third-order valence-electron chi connectivity index (χ3n) is 7.55. The normalized spacial score (nSPS) is 23.2. The first-order valence-corrected chi connectivity index (χ1v) is 13.5. The van der Waals surface area contributed by atoms with Crippen LogP contribution in [0.2, 0.25) is 0 Å². The number of nitrogens with zero attached hydrogens (tertiary/aromatic N) is 3. The van der Waals surface area contributed by atoms with Gasteiger partial charge in [-0.05, 0) is 48.1 Å². The first-order valence-electron chi connectivity index (χ1n) is 13.5. The van der Waals surface area contributed by atoms with Gasteiger partial charge in [-0.2, -0.15) is 0 Å². The van der Waals surface area contributed by atoms with E-state index in [2.05, 4.69) is 38.7 Å². The number of hydrogen-bond acceptors (Lipinski definition) is 7. The van der Waals surface area contributed by atoms with Crippen molar-refractivity contribution >= 4 is 17.5 Å². The fourth-order valence-corrected chi connectivity index (χ4v) is 5.39. The Hall–Kier alpha value is -3.43. The number of carbonyl (C=O) groups excluding carboxylic acids is 2. The number of morpholine rings is 1. The average Bonchev–Trinajstić information content (AvgIpc) is 2.97. The van der Waals surface area contributed by atoms with Gasteiger partial charge in [0.2, 0.25) is 11.8 Å². The zero-order valence-corrected chi connectivity index (χ0v) is 21.8. The molecule has 0 spiro atoms. The van der Waals surface area contributed by atoms with Crippen molar-refractivity contribution in [2.45, 2.75) is 25.9 Å². The third-order valence-corrected chi connectivity index (χ3v) is 7.55. The zero-order chi connectivity index (χ0) is 26.2. The molecule has 9 nitrogen and oxygen atoms in total. The molecule has 1 aromatic heterocycles. The van der Waals surface area contributed by atoms with Gasteiger partial charge in [0, 0.05) is 69.3 Å².